The Labute approximate surface area is 99.1 Å². The average molecular weight is 243 g/mol. The fourth-order valence-electron chi connectivity index (χ4n) is 1.73. The lowest BCUT2D eigenvalue weighted by atomic mass is 10.0. The van der Waals surface area contributed by atoms with Gasteiger partial charge in [-0.05, 0) is 31.2 Å². The molecule has 1 atom stereocenters. The van der Waals surface area contributed by atoms with E-state index in [0.717, 1.165) is 31.0 Å². The number of aryl methyl sites for hydroxylation is 1. The molecule has 0 aromatic carbocycles. The molecule has 2 N–H and O–H groups in total. The Bertz CT molecular complexity index is 318. The molecule has 1 aromatic rings. The van der Waals surface area contributed by atoms with Crippen LogP contribution in [0.25, 0.3) is 0 Å². The van der Waals surface area contributed by atoms with Crippen LogP contribution in [0.5, 0.6) is 0 Å². The molecule has 0 spiro atoms. The highest BCUT2D eigenvalue weighted by atomic mass is 32.2. The first-order valence-electron chi connectivity index (χ1n) is 5.24. The number of aliphatic hydroxyl groups is 1. The minimum Gasteiger partial charge on any atom is -0.388 e. The van der Waals surface area contributed by atoms with E-state index in [1.807, 2.05) is 23.1 Å². The predicted octanol–water partition coefficient (Wildman–Crippen LogP) is 2.01. The molecular weight excluding hydrogens is 226 g/mol. The van der Waals surface area contributed by atoms with Crippen molar-refractivity contribution in [3.05, 3.63) is 21.9 Å². The largest absolute Gasteiger partial charge is 0.388 e. The maximum absolute atomic E-state index is 10.1. The fourth-order valence-corrected chi connectivity index (χ4v) is 3.89. The highest BCUT2D eigenvalue weighted by Gasteiger charge is 2.30. The number of hydrogen-bond acceptors (Lipinski definition) is 4. The summed E-state index contributed by atoms with van der Waals surface area (Å²) >= 11 is 3.66. The zero-order chi connectivity index (χ0) is 10.7. The summed E-state index contributed by atoms with van der Waals surface area (Å²) in [5.74, 6) is 1.97. The van der Waals surface area contributed by atoms with Crippen LogP contribution in [0.4, 0.5) is 0 Å². The molecule has 0 amide bonds. The zero-order valence-electron chi connectivity index (χ0n) is 8.95. The maximum Gasteiger partial charge on any atom is 0.0869 e. The van der Waals surface area contributed by atoms with Gasteiger partial charge in [-0.15, -0.1) is 11.3 Å². The Morgan fingerprint density at radius 2 is 2.40 bits per heavy atom. The standard InChI is InChI=1S/C11H17NOS2/c1-9-2-3-10(15-9)6-12-7-11(13)4-5-14-8-11/h2-3,12-13H,4-8H2,1H3. The predicted molar refractivity (Wildman–Crippen MR) is 67.7 cm³/mol. The van der Waals surface area contributed by atoms with Gasteiger partial charge in [0.15, 0.2) is 0 Å². The molecule has 0 bridgehead atoms. The van der Waals surface area contributed by atoms with Crippen molar-refractivity contribution in [2.75, 3.05) is 18.1 Å². The van der Waals surface area contributed by atoms with Gasteiger partial charge in [-0.1, -0.05) is 0 Å². The minimum absolute atomic E-state index is 0.461. The third-order valence-corrected chi connectivity index (χ3v) is 4.87. The lowest BCUT2D eigenvalue weighted by molar-refractivity contribution is 0.0675. The van der Waals surface area contributed by atoms with Crippen LogP contribution in [0.2, 0.25) is 0 Å². The highest BCUT2D eigenvalue weighted by molar-refractivity contribution is 7.99. The molecule has 4 heteroatoms. The lowest BCUT2D eigenvalue weighted by Crippen LogP contribution is -2.40. The molecule has 2 rings (SSSR count). The van der Waals surface area contributed by atoms with Crippen molar-refractivity contribution in [1.29, 1.82) is 0 Å². The molecular formula is C11H17NOS2. The Balaban J connectivity index is 1.75. The van der Waals surface area contributed by atoms with Crippen LogP contribution < -0.4 is 5.32 Å². The van der Waals surface area contributed by atoms with E-state index in [0.29, 0.717) is 0 Å². The van der Waals surface area contributed by atoms with Gasteiger partial charge in [0.25, 0.3) is 0 Å². The lowest BCUT2D eigenvalue weighted by Gasteiger charge is -2.21. The number of thioether (sulfide) groups is 1. The summed E-state index contributed by atoms with van der Waals surface area (Å²) in [7, 11) is 0. The highest BCUT2D eigenvalue weighted by Crippen LogP contribution is 2.27. The molecule has 0 aliphatic carbocycles. The van der Waals surface area contributed by atoms with E-state index < -0.39 is 5.60 Å². The zero-order valence-corrected chi connectivity index (χ0v) is 10.6. The quantitative estimate of drug-likeness (QED) is 0.848. The van der Waals surface area contributed by atoms with Crippen molar-refractivity contribution in [1.82, 2.24) is 5.32 Å². The average Bonchev–Trinajstić information content (AvgIpc) is 2.76. The molecule has 1 aliphatic rings. The number of nitrogens with one attached hydrogen (secondary N) is 1. The van der Waals surface area contributed by atoms with E-state index in [1.165, 1.54) is 9.75 Å². The summed E-state index contributed by atoms with van der Waals surface area (Å²) in [5, 5.41) is 13.4. The van der Waals surface area contributed by atoms with Crippen LogP contribution >= 0.6 is 23.1 Å². The fraction of sp³-hybridized carbons (Fsp3) is 0.636. The summed E-state index contributed by atoms with van der Waals surface area (Å²) in [4.78, 5) is 2.70. The van der Waals surface area contributed by atoms with Gasteiger partial charge in [-0.25, -0.2) is 0 Å². The first-order chi connectivity index (χ1) is 7.18. The van der Waals surface area contributed by atoms with Crippen LogP contribution in [0.1, 0.15) is 16.2 Å². The van der Waals surface area contributed by atoms with Gasteiger partial charge in [0.05, 0.1) is 5.60 Å². The van der Waals surface area contributed by atoms with Gasteiger partial charge in [0, 0.05) is 28.6 Å². The molecule has 2 nitrogen and oxygen atoms in total. The van der Waals surface area contributed by atoms with Crippen molar-refractivity contribution in [3.63, 3.8) is 0 Å². The Hall–Kier alpha value is -0.0300. The van der Waals surface area contributed by atoms with E-state index >= 15 is 0 Å². The maximum atomic E-state index is 10.1. The molecule has 2 heterocycles. The molecule has 0 saturated carbocycles. The van der Waals surface area contributed by atoms with Crippen molar-refractivity contribution < 1.29 is 5.11 Å². The van der Waals surface area contributed by atoms with Crippen LogP contribution in [0, 0.1) is 6.92 Å². The number of thiophene rings is 1. The van der Waals surface area contributed by atoms with E-state index in [9.17, 15) is 5.11 Å². The smallest absolute Gasteiger partial charge is 0.0869 e. The van der Waals surface area contributed by atoms with Gasteiger partial charge < -0.3 is 10.4 Å². The Morgan fingerprint density at radius 1 is 1.53 bits per heavy atom. The second kappa shape index (κ2) is 4.87. The third kappa shape index (κ3) is 3.21. The topological polar surface area (TPSA) is 32.3 Å². The van der Waals surface area contributed by atoms with Gasteiger partial charge in [-0.2, -0.15) is 11.8 Å². The first-order valence-corrected chi connectivity index (χ1v) is 7.21. The summed E-state index contributed by atoms with van der Waals surface area (Å²) in [6, 6.07) is 4.29. The molecule has 1 unspecified atom stereocenters. The van der Waals surface area contributed by atoms with Crippen LogP contribution in [0.3, 0.4) is 0 Å². The van der Waals surface area contributed by atoms with E-state index in [-0.39, 0.29) is 0 Å². The summed E-state index contributed by atoms with van der Waals surface area (Å²) < 4.78 is 0. The summed E-state index contributed by atoms with van der Waals surface area (Å²) in [6.45, 7) is 3.72. The van der Waals surface area contributed by atoms with Crippen molar-refractivity contribution in [2.45, 2.75) is 25.5 Å². The molecule has 1 fully saturated rings. The van der Waals surface area contributed by atoms with Gasteiger partial charge in [0.1, 0.15) is 0 Å². The molecule has 1 aliphatic heterocycles. The monoisotopic (exact) mass is 243 g/mol. The van der Waals surface area contributed by atoms with Crippen molar-refractivity contribution in [3.8, 4) is 0 Å². The number of rotatable bonds is 4. The molecule has 1 aromatic heterocycles. The van der Waals surface area contributed by atoms with Crippen LogP contribution in [0.15, 0.2) is 12.1 Å². The molecule has 1 saturated heterocycles. The van der Waals surface area contributed by atoms with E-state index in [2.05, 4.69) is 24.4 Å². The second-order valence-corrected chi connectivity index (χ2v) is 6.62. The summed E-state index contributed by atoms with van der Waals surface area (Å²) in [6.07, 6.45) is 0.925. The van der Waals surface area contributed by atoms with Crippen molar-refractivity contribution in [2.24, 2.45) is 0 Å². The molecule has 15 heavy (non-hydrogen) atoms. The first kappa shape index (κ1) is 11.5. The Morgan fingerprint density at radius 3 is 3.00 bits per heavy atom. The Kier molecular flexibility index (Phi) is 3.72. The molecule has 84 valence electrons. The van der Waals surface area contributed by atoms with Gasteiger partial charge >= 0.3 is 0 Å². The van der Waals surface area contributed by atoms with E-state index in [1.54, 1.807) is 0 Å². The number of hydrogen-bond donors (Lipinski definition) is 2. The van der Waals surface area contributed by atoms with Crippen LogP contribution in [-0.2, 0) is 6.54 Å². The van der Waals surface area contributed by atoms with Crippen molar-refractivity contribution >= 4 is 23.1 Å². The second-order valence-electron chi connectivity index (χ2n) is 4.14. The van der Waals surface area contributed by atoms with Crippen LogP contribution in [-0.4, -0.2) is 28.8 Å². The molecule has 0 radical (unpaired) electrons. The van der Waals surface area contributed by atoms with Gasteiger partial charge in [-0.3, -0.25) is 0 Å². The minimum atomic E-state index is -0.461. The summed E-state index contributed by atoms with van der Waals surface area (Å²) in [5.41, 5.74) is -0.461. The third-order valence-electron chi connectivity index (χ3n) is 2.63. The SMILES string of the molecule is Cc1ccc(CNCC2(O)CCSC2)s1. The van der Waals surface area contributed by atoms with E-state index in [4.69, 9.17) is 0 Å². The normalized spacial score (nSPS) is 26.0. The van der Waals surface area contributed by atoms with Gasteiger partial charge in [0.2, 0.25) is 0 Å².